The normalized spacial score (nSPS) is 15.5. The van der Waals surface area contributed by atoms with Crippen LogP contribution in [0.2, 0.25) is 5.02 Å². The van der Waals surface area contributed by atoms with E-state index in [1.54, 1.807) is 56.3 Å². The van der Waals surface area contributed by atoms with Crippen LogP contribution in [0.3, 0.4) is 0 Å². The van der Waals surface area contributed by atoms with Crippen LogP contribution in [0.25, 0.3) is 0 Å². The Balaban J connectivity index is 1.53. The number of nitrogens with zero attached hydrogens (tertiary/aromatic N) is 1. The van der Waals surface area contributed by atoms with Crippen molar-refractivity contribution in [2.24, 2.45) is 5.92 Å². The number of hydrogen-bond acceptors (Lipinski definition) is 6. The molecule has 1 saturated heterocycles. The summed E-state index contributed by atoms with van der Waals surface area (Å²) in [6.07, 6.45) is -0.270. The van der Waals surface area contributed by atoms with Gasteiger partial charge in [-0.05, 0) is 56.3 Å². The molecule has 1 heterocycles. The lowest BCUT2D eigenvalue weighted by atomic mass is 10.1. The third-order valence-corrected chi connectivity index (χ3v) is 5.57. The van der Waals surface area contributed by atoms with E-state index in [4.69, 9.17) is 21.1 Å². The first-order chi connectivity index (χ1) is 15.6. The highest BCUT2D eigenvalue weighted by molar-refractivity contribution is 9.10. The number of anilines is 2. The second kappa shape index (κ2) is 10.8. The number of carbonyl (C=O) groups is 4. The van der Waals surface area contributed by atoms with Gasteiger partial charge in [0.05, 0.1) is 28.3 Å². The van der Waals surface area contributed by atoms with Crippen molar-refractivity contribution in [3.05, 3.63) is 57.5 Å². The zero-order valence-corrected chi connectivity index (χ0v) is 20.3. The molecule has 0 spiro atoms. The first-order valence-electron chi connectivity index (χ1n) is 10.2. The van der Waals surface area contributed by atoms with E-state index in [-0.39, 0.29) is 25.0 Å². The maximum Gasteiger partial charge on any atom is 0.338 e. The molecule has 0 aliphatic carbocycles. The quantitative estimate of drug-likeness (QED) is 0.531. The van der Waals surface area contributed by atoms with Crippen molar-refractivity contribution in [1.82, 2.24) is 0 Å². The van der Waals surface area contributed by atoms with Crippen LogP contribution >= 0.6 is 27.5 Å². The largest absolute Gasteiger partial charge is 0.459 e. The molecule has 1 aliphatic heterocycles. The fourth-order valence-corrected chi connectivity index (χ4v) is 3.93. The number of hydrogen-bond donors (Lipinski definition) is 1. The minimum atomic E-state index is -0.702. The van der Waals surface area contributed by atoms with Gasteiger partial charge in [-0.15, -0.1) is 0 Å². The van der Waals surface area contributed by atoms with Crippen LogP contribution in [0.5, 0.6) is 0 Å². The van der Waals surface area contributed by atoms with Crippen molar-refractivity contribution in [2.45, 2.75) is 26.4 Å². The topological polar surface area (TPSA) is 102 Å². The molecule has 0 aromatic heterocycles. The third-order valence-electron chi connectivity index (χ3n) is 4.77. The lowest BCUT2D eigenvalue weighted by molar-refractivity contribution is -0.151. The van der Waals surface area contributed by atoms with Crippen molar-refractivity contribution in [3.8, 4) is 0 Å². The Morgan fingerprint density at radius 1 is 1.18 bits per heavy atom. The predicted octanol–water partition coefficient (Wildman–Crippen LogP) is 4.20. The summed E-state index contributed by atoms with van der Waals surface area (Å²) in [5.74, 6) is -2.58. The van der Waals surface area contributed by atoms with Crippen LogP contribution in [0.15, 0.2) is 46.9 Å². The fraction of sp³-hybridized carbons (Fsp3) is 0.304. The van der Waals surface area contributed by atoms with Gasteiger partial charge in [0.1, 0.15) is 0 Å². The molecule has 1 fully saturated rings. The van der Waals surface area contributed by atoms with Crippen molar-refractivity contribution in [1.29, 1.82) is 0 Å². The van der Waals surface area contributed by atoms with E-state index in [1.807, 2.05) is 0 Å². The van der Waals surface area contributed by atoms with Gasteiger partial charge in [-0.3, -0.25) is 14.4 Å². The van der Waals surface area contributed by atoms with E-state index < -0.39 is 30.4 Å². The number of ether oxygens (including phenoxy) is 2. The molecule has 0 bridgehead atoms. The van der Waals surface area contributed by atoms with Crippen molar-refractivity contribution < 1.29 is 28.7 Å². The molecule has 0 saturated carbocycles. The fourth-order valence-electron chi connectivity index (χ4n) is 3.21. The van der Waals surface area contributed by atoms with Gasteiger partial charge in [0.15, 0.2) is 6.61 Å². The SMILES string of the molecule is CC(C)OC(=O)c1ccc(N2C[C@H](C(=O)OCC(=O)Nc3ccc(Br)cc3Cl)CC2=O)cc1. The van der Waals surface area contributed by atoms with Gasteiger partial charge in [0.25, 0.3) is 5.91 Å². The average molecular weight is 538 g/mol. The van der Waals surface area contributed by atoms with Crippen LogP contribution in [0, 0.1) is 5.92 Å². The summed E-state index contributed by atoms with van der Waals surface area (Å²) in [4.78, 5) is 50.3. The first kappa shape index (κ1) is 24.7. The lowest BCUT2D eigenvalue weighted by Gasteiger charge is -2.17. The average Bonchev–Trinajstić information content (AvgIpc) is 3.15. The van der Waals surface area contributed by atoms with Gasteiger partial charge in [0, 0.05) is 23.1 Å². The Kier molecular flexibility index (Phi) is 8.10. The maximum atomic E-state index is 12.4. The summed E-state index contributed by atoms with van der Waals surface area (Å²) < 4.78 is 11.0. The van der Waals surface area contributed by atoms with Crippen LogP contribution < -0.4 is 10.2 Å². The third kappa shape index (κ3) is 6.55. The number of halogens is 2. The van der Waals surface area contributed by atoms with Gasteiger partial charge < -0.3 is 19.7 Å². The van der Waals surface area contributed by atoms with Gasteiger partial charge in [-0.2, -0.15) is 0 Å². The molecular weight excluding hydrogens is 516 g/mol. The second-order valence-corrected chi connectivity index (χ2v) is 9.01. The highest BCUT2D eigenvalue weighted by Gasteiger charge is 2.36. The van der Waals surface area contributed by atoms with Crippen molar-refractivity contribution >= 4 is 62.7 Å². The Hall–Kier alpha value is -2.91. The highest BCUT2D eigenvalue weighted by Crippen LogP contribution is 2.27. The zero-order valence-electron chi connectivity index (χ0n) is 18.0. The molecule has 0 radical (unpaired) electrons. The van der Waals surface area contributed by atoms with Gasteiger partial charge in [-0.25, -0.2) is 4.79 Å². The Morgan fingerprint density at radius 3 is 2.52 bits per heavy atom. The molecule has 33 heavy (non-hydrogen) atoms. The summed E-state index contributed by atoms with van der Waals surface area (Å²) in [7, 11) is 0. The molecule has 2 aromatic carbocycles. The number of carbonyl (C=O) groups excluding carboxylic acids is 4. The van der Waals surface area contributed by atoms with Gasteiger partial charge in [-0.1, -0.05) is 27.5 Å². The molecule has 1 N–H and O–H groups in total. The molecule has 1 aliphatic rings. The molecule has 10 heteroatoms. The van der Waals surface area contributed by atoms with Crippen LogP contribution in [0.4, 0.5) is 11.4 Å². The number of rotatable bonds is 7. The van der Waals surface area contributed by atoms with Crippen molar-refractivity contribution in [2.75, 3.05) is 23.4 Å². The Labute approximate surface area is 204 Å². The summed E-state index contributed by atoms with van der Waals surface area (Å²) in [6, 6.07) is 11.3. The molecule has 2 amide bonds. The standard InChI is InChI=1S/C23H22BrClN2O6/c1-13(2)33-23(31)14-3-6-17(7-4-14)27-11-15(9-21(27)29)22(30)32-12-20(28)26-19-8-5-16(24)10-18(19)25/h3-8,10,13,15H,9,11-12H2,1-2H3,(H,26,28)/t15-/m1/s1. The number of benzene rings is 2. The van der Waals surface area contributed by atoms with E-state index in [0.29, 0.717) is 22.0 Å². The molecule has 1 atom stereocenters. The van der Waals surface area contributed by atoms with Crippen LogP contribution in [-0.4, -0.2) is 43.0 Å². The zero-order chi connectivity index (χ0) is 24.1. The molecule has 174 valence electrons. The van der Waals surface area contributed by atoms with Crippen LogP contribution in [0.1, 0.15) is 30.6 Å². The first-order valence-corrected chi connectivity index (χ1v) is 11.3. The second-order valence-electron chi connectivity index (χ2n) is 7.69. The molecule has 2 aromatic rings. The van der Waals surface area contributed by atoms with Crippen LogP contribution in [-0.2, 0) is 23.9 Å². The number of esters is 2. The summed E-state index contributed by atoms with van der Waals surface area (Å²) in [5.41, 5.74) is 1.31. The predicted molar refractivity (Wildman–Crippen MR) is 126 cm³/mol. The Morgan fingerprint density at radius 2 is 1.88 bits per heavy atom. The molecular formula is C23H22BrClN2O6. The molecule has 3 rings (SSSR count). The highest BCUT2D eigenvalue weighted by atomic mass is 79.9. The Bertz CT molecular complexity index is 1070. The van der Waals surface area contributed by atoms with E-state index >= 15 is 0 Å². The summed E-state index contributed by atoms with van der Waals surface area (Å²) in [6.45, 7) is 3.14. The summed E-state index contributed by atoms with van der Waals surface area (Å²) in [5, 5.41) is 2.91. The van der Waals surface area contributed by atoms with Crippen molar-refractivity contribution in [3.63, 3.8) is 0 Å². The monoisotopic (exact) mass is 536 g/mol. The number of amides is 2. The van der Waals surface area contributed by atoms with E-state index in [9.17, 15) is 19.2 Å². The minimum absolute atomic E-state index is 0.0316. The molecule has 8 nitrogen and oxygen atoms in total. The van der Waals surface area contributed by atoms with Gasteiger partial charge >= 0.3 is 11.9 Å². The van der Waals surface area contributed by atoms with Gasteiger partial charge in [0.2, 0.25) is 5.91 Å². The maximum absolute atomic E-state index is 12.4. The molecule has 0 unspecified atom stereocenters. The van der Waals surface area contributed by atoms with E-state index in [2.05, 4.69) is 21.2 Å². The smallest absolute Gasteiger partial charge is 0.338 e. The minimum Gasteiger partial charge on any atom is -0.459 e. The van der Waals surface area contributed by atoms with E-state index in [1.165, 1.54) is 4.90 Å². The number of nitrogens with one attached hydrogen (secondary N) is 1. The van der Waals surface area contributed by atoms with E-state index in [0.717, 1.165) is 4.47 Å². The summed E-state index contributed by atoms with van der Waals surface area (Å²) >= 11 is 9.33. The lowest BCUT2D eigenvalue weighted by Crippen LogP contribution is -2.28.